The first-order valence-corrected chi connectivity index (χ1v) is 12.0. The Morgan fingerprint density at radius 2 is 1.59 bits per heavy atom. The summed E-state index contributed by atoms with van der Waals surface area (Å²) in [6.07, 6.45) is 3.39. The van der Waals surface area contributed by atoms with Gasteiger partial charge in [0.25, 0.3) is 5.91 Å². The summed E-state index contributed by atoms with van der Waals surface area (Å²) >= 11 is 0. The van der Waals surface area contributed by atoms with Crippen molar-refractivity contribution in [1.29, 1.82) is 0 Å². The van der Waals surface area contributed by atoms with Crippen LogP contribution in [0.3, 0.4) is 0 Å². The Hall–Kier alpha value is -4.65. The number of carbonyl (C=O) groups excluding carboxylic acids is 2. The Morgan fingerprint density at radius 3 is 2.22 bits per heavy atom. The van der Waals surface area contributed by atoms with Crippen LogP contribution < -0.4 is 5.32 Å². The SMILES string of the molecule is C/C=N\N1C(C(=O)OC)=C(OCc2ccccc2)c2cccc(C(=O)NCc3ccccc3)c2/C1=C\C. The van der Waals surface area contributed by atoms with Gasteiger partial charge in [0.2, 0.25) is 0 Å². The summed E-state index contributed by atoms with van der Waals surface area (Å²) in [6, 6.07) is 24.7. The van der Waals surface area contributed by atoms with Crippen molar-refractivity contribution >= 4 is 29.5 Å². The van der Waals surface area contributed by atoms with Crippen LogP contribution in [-0.2, 0) is 27.4 Å². The second kappa shape index (κ2) is 11.9. The van der Waals surface area contributed by atoms with Crippen molar-refractivity contribution < 1.29 is 19.1 Å². The molecule has 0 saturated heterocycles. The first kappa shape index (κ1) is 25.4. The molecule has 1 aliphatic rings. The number of allylic oxidation sites excluding steroid dienone is 1. The third-order valence-electron chi connectivity index (χ3n) is 5.87. The van der Waals surface area contributed by atoms with Gasteiger partial charge in [-0.3, -0.25) is 4.79 Å². The van der Waals surface area contributed by atoms with Crippen LogP contribution in [0.1, 0.15) is 46.5 Å². The average Bonchev–Trinajstić information content (AvgIpc) is 2.95. The second-order valence-corrected chi connectivity index (χ2v) is 8.20. The van der Waals surface area contributed by atoms with Gasteiger partial charge in [0.15, 0.2) is 11.5 Å². The van der Waals surface area contributed by atoms with Gasteiger partial charge in [-0.1, -0.05) is 78.9 Å². The third kappa shape index (κ3) is 5.46. The van der Waals surface area contributed by atoms with Crippen LogP contribution in [0.5, 0.6) is 0 Å². The number of carbonyl (C=O) groups is 2. The van der Waals surface area contributed by atoms with Gasteiger partial charge in [0.05, 0.1) is 12.8 Å². The number of amides is 1. The molecule has 37 heavy (non-hydrogen) atoms. The van der Waals surface area contributed by atoms with Crippen LogP contribution in [-0.4, -0.2) is 30.2 Å². The third-order valence-corrected chi connectivity index (χ3v) is 5.87. The van der Waals surface area contributed by atoms with Crippen molar-refractivity contribution in [3.63, 3.8) is 0 Å². The number of nitrogens with zero attached hydrogens (tertiary/aromatic N) is 2. The maximum Gasteiger partial charge on any atom is 0.360 e. The number of benzene rings is 3. The minimum Gasteiger partial charge on any atom is -0.486 e. The molecule has 1 aliphatic heterocycles. The summed E-state index contributed by atoms with van der Waals surface area (Å²) in [4.78, 5) is 26.5. The molecule has 0 radical (unpaired) electrons. The van der Waals surface area contributed by atoms with Crippen molar-refractivity contribution in [2.45, 2.75) is 27.0 Å². The number of ether oxygens (including phenoxy) is 2. The van der Waals surface area contributed by atoms with Gasteiger partial charge >= 0.3 is 5.97 Å². The zero-order valence-electron chi connectivity index (χ0n) is 21.1. The molecule has 1 N–H and O–H groups in total. The highest BCUT2D eigenvalue weighted by atomic mass is 16.5. The molecule has 188 valence electrons. The smallest absolute Gasteiger partial charge is 0.360 e. The van der Waals surface area contributed by atoms with Crippen molar-refractivity contribution in [2.75, 3.05) is 7.11 Å². The van der Waals surface area contributed by atoms with Gasteiger partial charge in [-0.2, -0.15) is 5.10 Å². The number of rotatable bonds is 8. The molecule has 1 amide bonds. The van der Waals surface area contributed by atoms with Crippen LogP contribution in [0.4, 0.5) is 0 Å². The molecular formula is C30H29N3O4. The number of methoxy groups -OCH3 is 1. The second-order valence-electron chi connectivity index (χ2n) is 8.20. The highest BCUT2D eigenvalue weighted by Gasteiger charge is 2.37. The monoisotopic (exact) mass is 495 g/mol. The van der Waals surface area contributed by atoms with E-state index in [1.807, 2.05) is 79.7 Å². The quantitative estimate of drug-likeness (QED) is 0.336. The van der Waals surface area contributed by atoms with Gasteiger partial charge in [-0.25, -0.2) is 9.80 Å². The molecule has 3 aromatic carbocycles. The molecule has 7 heteroatoms. The number of hydrogen-bond acceptors (Lipinski definition) is 6. The topological polar surface area (TPSA) is 80.2 Å². The molecule has 0 unspecified atom stereocenters. The van der Waals surface area contributed by atoms with Gasteiger partial charge < -0.3 is 14.8 Å². The highest BCUT2D eigenvalue weighted by molar-refractivity contribution is 6.06. The Bertz CT molecular complexity index is 1360. The first-order chi connectivity index (χ1) is 18.1. The van der Waals surface area contributed by atoms with Crippen LogP contribution in [0.25, 0.3) is 11.5 Å². The van der Waals surface area contributed by atoms with E-state index in [-0.39, 0.29) is 18.2 Å². The highest BCUT2D eigenvalue weighted by Crippen LogP contribution is 2.42. The van der Waals surface area contributed by atoms with E-state index in [4.69, 9.17) is 9.47 Å². The van der Waals surface area contributed by atoms with E-state index < -0.39 is 5.97 Å². The molecule has 0 spiro atoms. The van der Waals surface area contributed by atoms with Crippen LogP contribution >= 0.6 is 0 Å². The normalized spacial score (nSPS) is 14.0. The molecule has 7 nitrogen and oxygen atoms in total. The predicted molar refractivity (Wildman–Crippen MR) is 144 cm³/mol. The lowest BCUT2D eigenvalue weighted by Gasteiger charge is -2.33. The predicted octanol–water partition coefficient (Wildman–Crippen LogP) is 5.36. The molecule has 0 aromatic heterocycles. The van der Waals surface area contributed by atoms with Crippen LogP contribution in [0.15, 0.2) is 95.7 Å². The first-order valence-electron chi connectivity index (χ1n) is 12.0. The van der Waals surface area contributed by atoms with Crippen molar-refractivity contribution in [3.05, 3.63) is 118 Å². The number of esters is 1. The molecule has 0 bridgehead atoms. The van der Waals surface area contributed by atoms with E-state index in [9.17, 15) is 9.59 Å². The van der Waals surface area contributed by atoms with E-state index in [0.29, 0.717) is 34.7 Å². The van der Waals surface area contributed by atoms with Gasteiger partial charge in [0, 0.05) is 29.4 Å². The van der Waals surface area contributed by atoms with Crippen molar-refractivity contribution in [3.8, 4) is 0 Å². The minimum absolute atomic E-state index is 0.138. The summed E-state index contributed by atoms with van der Waals surface area (Å²) in [5.41, 5.74) is 4.31. The molecule has 0 aliphatic carbocycles. The van der Waals surface area contributed by atoms with Crippen molar-refractivity contribution in [2.24, 2.45) is 5.10 Å². The van der Waals surface area contributed by atoms with E-state index >= 15 is 0 Å². The van der Waals surface area contributed by atoms with Gasteiger partial charge in [0.1, 0.15) is 6.61 Å². The Balaban J connectivity index is 1.83. The fourth-order valence-electron chi connectivity index (χ4n) is 4.18. The zero-order chi connectivity index (χ0) is 26.2. The van der Waals surface area contributed by atoms with Crippen molar-refractivity contribution in [1.82, 2.24) is 10.3 Å². The maximum atomic E-state index is 13.4. The fraction of sp³-hybridized carbons (Fsp3) is 0.167. The minimum atomic E-state index is -0.599. The number of nitrogens with one attached hydrogen (secondary N) is 1. The molecule has 0 atom stereocenters. The Morgan fingerprint density at radius 1 is 0.919 bits per heavy atom. The fourth-order valence-corrected chi connectivity index (χ4v) is 4.18. The summed E-state index contributed by atoms with van der Waals surface area (Å²) < 4.78 is 11.4. The number of hydrogen-bond donors (Lipinski definition) is 1. The summed E-state index contributed by atoms with van der Waals surface area (Å²) in [6.45, 7) is 4.18. The summed E-state index contributed by atoms with van der Waals surface area (Å²) in [5, 5.41) is 8.93. The molecule has 4 rings (SSSR count). The van der Waals surface area contributed by atoms with E-state index in [0.717, 1.165) is 11.1 Å². The lowest BCUT2D eigenvalue weighted by molar-refractivity contribution is -0.137. The molecular weight excluding hydrogens is 466 g/mol. The Labute approximate surface area is 216 Å². The Kier molecular flexibility index (Phi) is 8.15. The van der Waals surface area contributed by atoms with Crippen LogP contribution in [0, 0.1) is 0 Å². The lowest BCUT2D eigenvalue weighted by Crippen LogP contribution is -2.31. The molecule has 1 heterocycles. The van der Waals surface area contributed by atoms with E-state index in [1.165, 1.54) is 12.1 Å². The molecule has 0 fully saturated rings. The molecule has 3 aromatic rings. The standard InChI is InChI=1S/C30H29N3O4/c1-4-25-26-23(17-12-18-24(26)29(34)31-19-21-13-8-6-9-14-21)28(37-20-22-15-10-7-11-16-22)27(30(35)36-3)33(25)32-5-2/h4-18H,19-20H2,1-3H3,(H,31,34)/b25-4+,32-5-. The van der Waals surface area contributed by atoms with E-state index in [2.05, 4.69) is 10.4 Å². The van der Waals surface area contributed by atoms with Gasteiger partial charge in [-0.05, 0) is 31.0 Å². The number of fused-ring (bicyclic) bond motifs is 1. The lowest BCUT2D eigenvalue weighted by atomic mass is 9.91. The largest absolute Gasteiger partial charge is 0.486 e. The summed E-state index contributed by atoms with van der Waals surface area (Å²) in [7, 11) is 1.32. The van der Waals surface area contributed by atoms with Crippen LogP contribution in [0.2, 0.25) is 0 Å². The maximum absolute atomic E-state index is 13.4. The van der Waals surface area contributed by atoms with E-state index in [1.54, 1.807) is 25.3 Å². The van der Waals surface area contributed by atoms with Gasteiger partial charge in [-0.15, -0.1) is 0 Å². The summed E-state index contributed by atoms with van der Waals surface area (Å²) in [5.74, 6) is -0.554. The number of hydrazone groups is 1. The average molecular weight is 496 g/mol. The zero-order valence-corrected chi connectivity index (χ0v) is 21.1. The molecule has 0 saturated carbocycles.